The molecule has 2 aromatic rings. The first kappa shape index (κ1) is 12.0. The summed E-state index contributed by atoms with van der Waals surface area (Å²) < 4.78 is 14.2. The fourth-order valence-corrected chi connectivity index (χ4v) is 1.84. The van der Waals surface area contributed by atoms with E-state index in [2.05, 4.69) is 26.2 Å². The molecular weight excluding hydrogens is 283 g/mol. The van der Waals surface area contributed by atoms with E-state index in [0.717, 1.165) is 16.6 Å². The monoisotopic (exact) mass is 294 g/mol. The van der Waals surface area contributed by atoms with E-state index in [0.29, 0.717) is 12.2 Å². The van der Waals surface area contributed by atoms with Crippen molar-refractivity contribution in [3.8, 4) is 0 Å². The molecule has 0 aliphatic rings. The lowest BCUT2D eigenvalue weighted by atomic mass is 10.2. The van der Waals surface area contributed by atoms with Gasteiger partial charge in [-0.25, -0.2) is 4.39 Å². The Labute approximate surface area is 108 Å². The average Bonchev–Trinajstić information content (AvgIpc) is 2.33. The predicted molar refractivity (Wildman–Crippen MR) is 70.5 cm³/mol. The zero-order valence-corrected chi connectivity index (χ0v) is 10.7. The third kappa shape index (κ3) is 3.53. The average molecular weight is 295 g/mol. The summed E-state index contributed by atoms with van der Waals surface area (Å²) in [7, 11) is 0. The number of anilines is 1. The highest BCUT2D eigenvalue weighted by Gasteiger charge is 2.01. The summed E-state index contributed by atoms with van der Waals surface area (Å²) in [4.78, 5) is 4.21. The summed E-state index contributed by atoms with van der Waals surface area (Å²) in [6.45, 7) is 0.662. The van der Waals surface area contributed by atoms with Gasteiger partial charge in [0, 0.05) is 29.3 Å². The van der Waals surface area contributed by atoms with Crippen LogP contribution in [0.4, 0.5) is 10.1 Å². The lowest BCUT2D eigenvalue weighted by molar-refractivity contribution is 0.629. The number of rotatable bonds is 4. The summed E-state index contributed by atoms with van der Waals surface area (Å²) in [6, 6.07) is 10.8. The largest absolute Gasteiger partial charge is 0.382 e. The van der Waals surface area contributed by atoms with Crippen LogP contribution < -0.4 is 5.32 Å². The molecule has 2 rings (SSSR count). The van der Waals surface area contributed by atoms with Gasteiger partial charge in [-0.3, -0.25) is 4.98 Å². The molecule has 17 heavy (non-hydrogen) atoms. The van der Waals surface area contributed by atoms with E-state index in [9.17, 15) is 4.39 Å². The highest BCUT2D eigenvalue weighted by Crippen LogP contribution is 2.19. The third-order valence-corrected chi connectivity index (χ3v) is 2.85. The molecule has 1 heterocycles. The summed E-state index contributed by atoms with van der Waals surface area (Å²) in [5.41, 5.74) is 1.52. The first-order chi connectivity index (χ1) is 8.25. The van der Waals surface area contributed by atoms with Gasteiger partial charge in [0.2, 0.25) is 0 Å². The molecule has 1 N–H and O–H groups in total. The smallest absolute Gasteiger partial charge is 0.147 e. The first-order valence-corrected chi connectivity index (χ1v) is 6.14. The maximum absolute atomic E-state index is 13.5. The Morgan fingerprint density at radius 3 is 2.82 bits per heavy atom. The van der Waals surface area contributed by atoms with Crippen molar-refractivity contribution in [1.82, 2.24) is 4.98 Å². The van der Waals surface area contributed by atoms with Crippen LogP contribution in [-0.2, 0) is 6.42 Å². The second-order valence-corrected chi connectivity index (χ2v) is 4.54. The standard InChI is InChI=1S/C13H12BrFN2/c14-10-4-5-13(12(15)9-10)17-8-6-11-3-1-2-7-16-11/h1-5,7,9,17H,6,8H2. The topological polar surface area (TPSA) is 24.9 Å². The Morgan fingerprint density at radius 1 is 1.24 bits per heavy atom. The van der Waals surface area contributed by atoms with E-state index in [1.165, 1.54) is 6.07 Å². The highest BCUT2D eigenvalue weighted by atomic mass is 79.9. The molecular formula is C13H12BrFN2. The van der Waals surface area contributed by atoms with Gasteiger partial charge < -0.3 is 5.32 Å². The van der Waals surface area contributed by atoms with Crippen LogP contribution in [0.2, 0.25) is 0 Å². The van der Waals surface area contributed by atoms with Crippen LogP contribution in [-0.4, -0.2) is 11.5 Å². The van der Waals surface area contributed by atoms with Crippen molar-refractivity contribution in [2.75, 3.05) is 11.9 Å². The second-order valence-electron chi connectivity index (χ2n) is 3.62. The van der Waals surface area contributed by atoms with Gasteiger partial charge in [-0.1, -0.05) is 22.0 Å². The summed E-state index contributed by atoms with van der Waals surface area (Å²) in [5.74, 6) is -0.250. The van der Waals surface area contributed by atoms with Crippen LogP contribution >= 0.6 is 15.9 Å². The third-order valence-electron chi connectivity index (χ3n) is 2.35. The lowest BCUT2D eigenvalue weighted by Gasteiger charge is -2.07. The number of nitrogens with zero attached hydrogens (tertiary/aromatic N) is 1. The van der Waals surface area contributed by atoms with E-state index < -0.39 is 0 Å². The van der Waals surface area contributed by atoms with Crippen molar-refractivity contribution in [1.29, 1.82) is 0 Å². The van der Waals surface area contributed by atoms with E-state index >= 15 is 0 Å². The van der Waals surface area contributed by atoms with Crippen molar-refractivity contribution in [3.05, 3.63) is 58.6 Å². The van der Waals surface area contributed by atoms with Crippen LogP contribution in [0, 0.1) is 5.82 Å². The molecule has 2 nitrogen and oxygen atoms in total. The Balaban J connectivity index is 1.90. The van der Waals surface area contributed by atoms with E-state index in [-0.39, 0.29) is 5.82 Å². The number of pyridine rings is 1. The summed E-state index contributed by atoms with van der Waals surface area (Å²) in [6.07, 6.45) is 2.53. The molecule has 0 saturated heterocycles. The van der Waals surface area contributed by atoms with Gasteiger partial charge in [0.15, 0.2) is 0 Å². The molecule has 0 unspecified atom stereocenters. The Bertz CT molecular complexity index is 488. The van der Waals surface area contributed by atoms with Crippen molar-refractivity contribution < 1.29 is 4.39 Å². The SMILES string of the molecule is Fc1cc(Br)ccc1NCCc1ccccn1. The number of halogens is 2. The minimum atomic E-state index is -0.250. The molecule has 0 spiro atoms. The van der Waals surface area contributed by atoms with Crippen LogP contribution in [0.5, 0.6) is 0 Å². The predicted octanol–water partition coefficient (Wildman–Crippen LogP) is 3.64. The Kier molecular flexibility index (Phi) is 4.09. The maximum atomic E-state index is 13.5. The van der Waals surface area contributed by atoms with Crippen LogP contribution in [0.1, 0.15) is 5.69 Å². The molecule has 88 valence electrons. The van der Waals surface area contributed by atoms with Gasteiger partial charge in [0.05, 0.1) is 5.69 Å². The van der Waals surface area contributed by atoms with Crippen molar-refractivity contribution in [3.63, 3.8) is 0 Å². The fraction of sp³-hybridized carbons (Fsp3) is 0.154. The second kappa shape index (κ2) is 5.77. The Morgan fingerprint density at radius 2 is 2.12 bits per heavy atom. The van der Waals surface area contributed by atoms with Crippen molar-refractivity contribution >= 4 is 21.6 Å². The normalized spacial score (nSPS) is 10.2. The molecule has 0 atom stereocenters. The lowest BCUT2D eigenvalue weighted by Crippen LogP contribution is -2.07. The molecule has 0 saturated carbocycles. The molecule has 0 amide bonds. The number of nitrogens with one attached hydrogen (secondary N) is 1. The molecule has 0 bridgehead atoms. The molecule has 0 fully saturated rings. The molecule has 0 radical (unpaired) electrons. The van der Waals surface area contributed by atoms with Crippen molar-refractivity contribution in [2.24, 2.45) is 0 Å². The zero-order valence-electron chi connectivity index (χ0n) is 9.16. The minimum absolute atomic E-state index is 0.250. The number of hydrogen-bond donors (Lipinski definition) is 1. The van der Waals surface area contributed by atoms with E-state index in [1.807, 2.05) is 24.3 Å². The van der Waals surface area contributed by atoms with Gasteiger partial charge in [0.25, 0.3) is 0 Å². The first-order valence-electron chi connectivity index (χ1n) is 5.34. The molecule has 1 aromatic heterocycles. The summed E-state index contributed by atoms with van der Waals surface area (Å²) in [5, 5.41) is 3.05. The number of aromatic nitrogens is 1. The summed E-state index contributed by atoms with van der Waals surface area (Å²) >= 11 is 3.22. The van der Waals surface area contributed by atoms with Gasteiger partial charge in [-0.05, 0) is 30.3 Å². The molecule has 0 aliphatic carbocycles. The highest BCUT2D eigenvalue weighted by molar-refractivity contribution is 9.10. The van der Waals surface area contributed by atoms with Crippen LogP contribution in [0.3, 0.4) is 0 Å². The fourth-order valence-electron chi connectivity index (χ4n) is 1.50. The Hall–Kier alpha value is -1.42. The molecule has 0 aliphatic heterocycles. The number of hydrogen-bond acceptors (Lipinski definition) is 2. The van der Waals surface area contributed by atoms with Gasteiger partial charge in [-0.15, -0.1) is 0 Å². The van der Waals surface area contributed by atoms with Crippen LogP contribution in [0.25, 0.3) is 0 Å². The van der Waals surface area contributed by atoms with Crippen molar-refractivity contribution in [2.45, 2.75) is 6.42 Å². The van der Waals surface area contributed by atoms with Gasteiger partial charge >= 0.3 is 0 Å². The van der Waals surface area contributed by atoms with Gasteiger partial charge in [-0.2, -0.15) is 0 Å². The maximum Gasteiger partial charge on any atom is 0.147 e. The zero-order chi connectivity index (χ0) is 12.1. The molecule has 4 heteroatoms. The minimum Gasteiger partial charge on any atom is -0.382 e. The number of benzene rings is 1. The quantitative estimate of drug-likeness (QED) is 0.931. The molecule has 1 aromatic carbocycles. The van der Waals surface area contributed by atoms with E-state index in [1.54, 1.807) is 12.3 Å². The van der Waals surface area contributed by atoms with Crippen LogP contribution in [0.15, 0.2) is 47.1 Å². The van der Waals surface area contributed by atoms with Gasteiger partial charge in [0.1, 0.15) is 5.82 Å². The van der Waals surface area contributed by atoms with E-state index in [4.69, 9.17) is 0 Å².